The van der Waals surface area contributed by atoms with Crippen LogP contribution in [0, 0.1) is 23.0 Å². The lowest BCUT2D eigenvalue weighted by Gasteiger charge is -2.15. The van der Waals surface area contributed by atoms with Crippen molar-refractivity contribution in [1.82, 2.24) is 9.78 Å². The largest absolute Gasteiger partial charge is 0.419 e. The van der Waals surface area contributed by atoms with E-state index in [-0.39, 0.29) is 28.6 Å². The summed E-state index contributed by atoms with van der Waals surface area (Å²) in [6.45, 7) is -0.202. The summed E-state index contributed by atoms with van der Waals surface area (Å²) in [5.41, 5.74) is -2.88. The summed E-state index contributed by atoms with van der Waals surface area (Å²) in [5, 5.41) is 13.1. The summed E-state index contributed by atoms with van der Waals surface area (Å²) in [4.78, 5) is 13.0. The number of para-hydroxylation sites is 1. The first kappa shape index (κ1) is 21.2. The molecule has 0 aliphatic rings. The minimum atomic E-state index is -4.96. The number of hydrogen-bond acceptors (Lipinski definition) is 3. The van der Waals surface area contributed by atoms with E-state index in [0.717, 1.165) is 18.2 Å². The molecule has 1 heterocycles. The Labute approximate surface area is 177 Å². The number of alkyl halides is 3. The fourth-order valence-electron chi connectivity index (χ4n) is 3.38. The summed E-state index contributed by atoms with van der Waals surface area (Å²) in [6, 6.07) is 14.3. The van der Waals surface area contributed by atoms with Gasteiger partial charge in [-0.15, -0.1) is 0 Å². The average molecular weight is 441 g/mol. The maximum Gasteiger partial charge on any atom is 0.419 e. The van der Waals surface area contributed by atoms with Crippen LogP contribution in [0.3, 0.4) is 0 Å². The molecule has 4 nitrogen and oxygen atoms in total. The summed E-state index contributed by atoms with van der Waals surface area (Å²) in [5.74, 6) is -2.31. The fraction of sp³-hybridized carbons (Fsp3) is 0.0870. The summed E-state index contributed by atoms with van der Waals surface area (Å²) >= 11 is 0. The first-order valence-corrected chi connectivity index (χ1v) is 9.25. The molecule has 9 heteroatoms. The van der Waals surface area contributed by atoms with Gasteiger partial charge in [0.15, 0.2) is 0 Å². The molecule has 0 saturated carbocycles. The lowest BCUT2D eigenvalue weighted by Crippen LogP contribution is -2.19. The standard InChI is InChI=1S/C23H12F5N3O/c24-18-10-13(11-29)8-9-14(18)12-31-19-7-2-1-4-15(19)22(32)21(30-31)16-5-3-6-17(20(16)25)23(26,27)28/h1-10H,12H2. The van der Waals surface area contributed by atoms with Gasteiger partial charge in [0.2, 0.25) is 5.43 Å². The molecule has 0 amide bonds. The van der Waals surface area contributed by atoms with Gasteiger partial charge in [0.05, 0.1) is 29.3 Å². The molecular weight excluding hydrogens is 429 g/mol. The van der Waals surface area contributed by atoms with E-state index in [1.54, 1.807) is 12.1 Å². The Balaban J connectivity index is 1.95. The van der Waals surface area contributed by atoms with Crippen LogP contribution in [0.15, 0.2) is 65.5 Å². The van der Waals surface area contributed by atoms with E-state index in [1.807, 2.05) is 6.07 Å². The van der Waals surface area contributed by atoms with Gasteiger partial charge in [-0.3, -0.25) is 9.48 Å². The smallest absolute Gasteiger partial charge is 0.287 e. The molecule has 0 saturated heterocycles. The van der Waals surface area contributed by atoms with Gasteiger partial charge in [0.25, 0.3) is 0 Å². The number of nitrogens with zero attached hydrogens (tertiary/aromatic N) is 3. The number of hydrogen-bond donors (Lipinski definition) is 0. The molecule has 32 heavy (non-hydrogen) atoms. The fourth-order valence-corrected chi connectivity index (χ4v) is 3.38. The van der Waals surface area contributed by atoms with Gasteiger partial charge in [0, 0.05) is 16.5 Å². The van der Waals surface area contributed by atoms with E-state index in [2.05, 4.69) is 5.10 Å². The maximum atomic E-state index is 14.7. The molecular formula is C23H12F5N3O. The second kappa shape index (κ2) is 7.89. The van der Waals surface area contributed by atoms with Crippen LogP contribution in [-0.2, 0) is 12.7 Å². The highest BCUT2D eigenvalue weighted by Crippen LogP contribution is 2.34. The molecule has 3 aromatic carbocycles. The van der Waals surface area contributed by atoms with Crippen LogP contribution in [0.5, 0.6) is 0 Å². The van der Waals surface area contributed by atoms with Gasteiger partial charge in [-0.25, -0.2) is 8.78 Å². The molecule has 4 rings (SSSR count). The van der Waals surface area contributed by atoms with Crippen LogP contribution >= 0.6 is 0 Å². The quantitative estimate of drug-likeness (QED) is 0.407. The third kappa shape index (κ3) is 3.71. The van der Waals surface area contributed by atoms with Crippen molar-refractivity contribution >= 4 is 10.9 Å². The van der Waals surface area contributed by atoms with E-state index in [0.29, 0.717) is 6.07 Å². The zero-order chi connectivity index (χ0) is 23.0. The van der Waals surface area contributed by atoms with Crippen molar-refractivity contribution in [2.24, 2.45) is 0 Å². The van der Waals surface area contributed by atoms with Crippen molar-refractivity contribution in [3.05, 3.63) is 99.2 Å². The summed E-state index contributed by atoms with van der Waals surface area (Å²) in [7, 11) is 0. The Hall–Kier alpha value is -4.06. The second-order valence-electron chi connectivity index (χ2n) is 6.94. The van der Waals surface area contributed by atoms with Gasteiger partial charge in [-0.1, -0.05) is 24.3 Å². The maximum absolute atomic E-state index is 14.7. The number of fused-ring (bicyclic) bond motifs is 1. The van der Waals surface area contributed by atoms with Crippen molar-refractivity contribution in [3.63, 3.8) is 0 Å². The van der Waals surface area contributed by atoms with E-state index in [9.17, 15) is 26.7 Å². The van der Waals surface area contributed by atoms with Crippen LogP contribution in [0.2, 0.25) is 0 Å². The molecule has 0 spiro atoms. The first-order chi connectivity index (χ1) is 15.2. The lowest BCUT2D eigenvalue weighted by molar-refractivity contribution is -0.139. The van der Waals surface area contributed by atoms with Crippen molar-refractivity contribution in [2.45, 2.75) is 12.7 Å². The third-order valence-electron chi connectivity index (χ3n) is 4.92. The van der Waals surface area contributed by atoms with Crippen LogP contribution in [0.1, 0.15) is 16.7 Å². The van der Waals surface area contributed by atoms with Crippen LogP contribution < -0.4 is 5.43 Å². The molecule has 0 radical (unpaired) electrons. The third-order valence-corrected chi connectivity index (χ3v) is 4.92. The Morgan fingerprint density at radius 2 is 1.75 bits per heavy atom. The minimum Gasteiger partial charge on any atom is -0.287 e. The van der Waals surface area contributed by atoms with Crippen molar-refractivity contribution in [3.8, 4) is 17.3 Å². The number of halogens is 5. The lowest BCUT2D eigenvalue weighted by atomic mass is 10.0. The number of aromatic nitrogens is 2. The minimum absolute atomic E-state index is 0.0864. The summed E-state index contributed by atoms with van der Waals surface area (Å²) in [6.07, 6.45) is -4.96. The SMILES string of the molecule is N#Cc1ccc(Cn2nc(-c3cccc(C(F)(F)F)c3F)c(=O)c3ccccc32)c(F)c1. The van der Waals surface area contributed by atoms with Crippen molar-refractivity contribution < 1.29 is 22.0 Å². The predicted octanol–water partition coefficient (Wildman–Crippen LogP) is 5.28. The van der Waals surface area contributed by atoms with E-state index in [4.69, 9.17) is 5.26 Å². The molecule has 0 aliphatic carbocycles. The Morgan fingerprint density at radius 3 is 2.44 bits per heavy atom. The van der Waals surface area contributed by atoms with E-state index < -0.39 is 40.1 Å². The Kier molecular flexibility index (Phi) is 5.22. The van der Waals surface area contributed by atoms with Crippen LogP contribution in [0.4, 0.5) is 22.0 Å². The highest BCUT2D eigenvalue weighted by molar-refractivity contribution is 5.82. The molecule has 0 fully saturated rings. The highest BCUT2D eigenvalue weighted by atomic mass is 19.4. The van der Waals surface area contributed by atoms with Crippen molar-refractivity contribution in [1.29, 1.82) is 5.26 Å². The Morgan fingerprint density at radius 1 is 1.00 bits per heavy atom. The normalized spacial score (nSPS) is 11.5. The first-order valence-electron chi connectivity index (χ1n) is 9.25. The molecule has 0 aliphatic heterocycles. The van der Waals surface area contributed by atoms with E-state index in [1.165, 1.54) is 28.9 Å². The molecule has 0 unspecified atom stereocenters. The number of benzene rings is 3. The second-order valence-corrected chi connectivity index (χ2v) is 6.94. The number of rotatable bonds is 3. The molecule has 4 aromatic rings. The Bertz CT molecular complexity index is 1450. The molecule has 0 atom stereocenters. The zero-order valence-electron chi connectivity index (χ0n) is 16.1. The highest BCUT2D eigenvalue weighted by Gasteiger charge is 2.35. The topological polar surface area (TPSA) is 58.7 Å². The zero-order valence-corrected chi connectivity index (χ0v) is 16.1. The average Bonchev–Trinajstić information content (AvgIpc) is 2.76. The van der Waals surface area contributed by atoms with Gasteiger partial charge in [-0.2, -0.15) is 23.5 Å². The molecule has 1 aromatic heterocycles. The van der Waals surface area contributed by atoms with Gasteiger partial charge < -0.3 is 0 Å². The van der Waals surface area contributed by atoms with E-state index >= 15 is 0 Å². The molecule has 0 N–H and O–H groups in total. The van der Waals surface area contributed by atoms with Gasteiger partial charge in [-0.05, 0) is 36.4 Å². The van der Waals surface area contributed by atoms with Crippen molar-refractivity contribution in [2.75, 3.05) is 0 Å². The van der Waals surface area contributed by atoms with Gasteiger partial charge in [0.1, 0.15) is 17.3 Å². The van der Waals surface area contributed by atoms with Gasteiger partial charge >= 0.3 is 6.18 Å². The van der Waals surface area contributed by atoms with Crippen LogP contribution in [0.25, 0.3) is 22.2 Å². The molecule has 0 bridgehead atoms. The summed E-state index contributed by atoms with van der Waals surface area (Å²) < 4.78 is 69.9. The number of nitriles is 1. The molecule has 160 valence electrons. The monoisotopic (exact) mass is 441 g/mol. The predicted molar refractivity (Wildman–Crippen MR) is 107 cm³/mol. The van der Waals surface area contributed by atoms with Crippen LogP contribution in [-0.4, -0.2) is 9.78 Å².